The molecule has 19 heavy (non-hydrogen) atoms. The van der Waals surface area contributed by atoms with Gasteiger partial charge in [0.05, 0.1) is 5.92 Å². The Bertz CT molecular complexity index is 264. The first-order chi connectivity index (χ1) is 9.02. The van der Waals surface area contributed by atoms with Gasteiger partial charge in [-0.15, -0.1) is 0 Å². The second kappa shape index (κ2) is 10.8. The number of rotatable bonds is 10. The van der Waals surface area contributed by atoms with Gasteiger partial charge < -0.3 is 9.64 Å². The third kappa shape index (κ3) is 8.62. The number of carbonyl (C=O) groups excluding carboxylic acids is 2. The lowest BCUT2D eigenvalue weighted by Crippen LogP contribution is -2.29. The van der Waals surface area contributed by atoms with Gasteiger partial charge in [0.25, 0.3) is 5.91 Å². The zero-order valence-electron chi connectivity index (χ0n) is 12.9. The van der Waals surface area contributed by atoms with Gasteiger partial charge in [0.15, 0.2) is 6.61 Å². The molecule has 0 rings (SSSR count). The summed E-state index contributed by atoms with van der Waals surface area (Å²) in [7, 11) is 3.31. The third-order valence-corrected chi connectivity index (χ3v) is 3.21. The van der Waals surface area contributed by atoms with Crippen LogP contribution in [0, 0.1) is 5.92 Å². The van der Waals surface area contributed by atoms with Crippen LogP contribution in [0.4, 0.5) is 0 Å². The number of carbonyl (C=O) groups is 2. The molecule has 4 nitrogen and oxygen atoms in total. The summed E-state index contributed by atoms with van der Waals surface area (Å²) in [6, 6.07) is 0. The lowest BCUT2D eigenvalue weighted by atomic mass is 9.96. The third-order valence-electron chi connectivity index (χ3n) is 3.21. The Labute approximate surface area is 117 Å². The van der Waals surface area contributed by atoms with Gasteiger partial charge >= 0.3 is 5.97 Å². The predicted octanol–water partition coefficient (Wildman–Crippen LogP) is 3.00. The summed E-state index contributed by atoms with van der Waals surface area (Å²) in [6.45, 7) is 4.10. The zero-order valence-corrected chi connectivity index (χ0v) is 12.9. The molecule has 0 bridgehead atoms. The molecular formula is C15H29NO3. The largest absolute Gasteiger partial charge is 0.455 e. The lowest BCUT2D eigenvalue weighted by molar-refractivity contribution is -0.155. The molecule has 112 valence electrons. The number of amides is 1. The van der Waals surface area contributed by atoms with Crippen molar-refractivity contribution in [1.29, 1.82) is 0 Å². The van der Waals surface area contributed by atoms with Gasteiger partial charge in [0.1, 0.15) is 0 Å². The molecule has 0 aliphatic heterocycles. The van der Waals surface area contributed by atoms with Gasteiger partial charge in [-0.3, -0.25) is 9.59 Å². The van der Waals surface area contributed by atoms with Crippen LogP contribution in [0.25, 0.3) is 0 Å². The highest BCUT2D eigenvalue weighted by Crippen LogP contribution is 2.17. The molecule has 0 aromatic heterocycles. The number of nitrogens with zero attached hydrogens (tertiary/aromatic N) is 1. The topological polar surface area (TPSA) is 46.6 Å². The summed E-state index contributed by atoms with van der Waals surface area (Å²) in [4.78, 5) is 24.7. The van der Waals surface area contributed by atoms with E-state index in [-0.39, 0.29) is 24.4 Å². The fraction of sp³-hybridized carbons (Fsp3) is 0.867. The maximum atomic E-state index is 11.9. The average Bonchev–Trinajstić information content (AvgIpc) is 2.39. The van der Waals surface area contributed by atoms with Gasteiger partial charge in [0.2, 0.25) is 0 Å². The summed E-state index contributed by atoms with van der Waals surface area (Å²) in [5, 5.41) is 0. The van der Waals surface area contributed by atoms with Crippen LogP contribution in [0.1, 0.15) is 58.8 Å². The van der Waals surface area contributed by atoms with E-state index in [0.29, 0.717) is 0 Å². The molecule has 0 saturated heterocycles. The summed E-state index contributed by atoms with van der Waals surface area (Å²) in [6.07, 6.45) is 7.34. The summed E-state index contributed by atoms with van der Waals surface area (Å²) < 4.78 is 5.11. The predicted molar refractivity (Wildman–Crippen MR) is 76.8 cm³/mol. The normalized spacial score (nSPS) is 12.0. The Morgan fingerprint density at radius 3 is 2.21 bits per heavy atom. The maximum Gasteiger partial charge on any atom is 0.309 e. The van der Waals surface area contributed by atoms with Crippen molar-refractivity contribution in [3.63, 3.8) is 0 Å². The minimum atomic E-state index is -0.214. The number of hydrogen-bond donors (Lipinski definition) is 0. The zero-order chi connectivity index (χ0) is 14.7. The van der Waals surface area contributed by atoms with Crippen molar-refractivity contribution in [2.45, 2.75) is 58.8 Å². The highest BCUT2D eigenvalue weighted by atomic mass is 16.5. The van der Waals surface area contributed by atoms with Crippen molar-refractivity contribution in [2.75, 3.05) is 20.7 Å². The van der Waals surface area contributed by atoms with E-state index < -0.39 is 0 Å². The minimum absolute atomic E-state index is 0.0446. The number of hydrogen-bond acceptors (Lipinski definition) is 3. The molecule has 0 heterocycles. The molecule has 0 aliphatic carbocycles. The average molecular weight is 271 g/mol. The fourth-order valence-corrected chi connectivity index (χ4v) is 1.93. The van der Waals surface area contributed by atoms with Crippen LogP contribution in [0.15, 0.2) is 0 Å². The van der Waals surface area contributed by atoms with Crippen LogP contribution >= 0.6 is 0 Å². The van der Waals surface area contributed by atoms with Crippen LogP contribution < -0.4 is 0 Å². The highest BCUT2D eigenvalue weighted by molar-refractivity contribution is 5.80. The molecule has 0 aliphatic rings. The molecule has 0 unspecified atom stereocenters. The molecule has 0 spiro atoms. The minimum Gasteiger partial charge on any atom is -0.455 e. The van der Waals surface area contributed by atoms with E-state index in [4.69, 9.17) is 4.74 Å². The van der Waals surface area contributed by atoms with Gasteiger partial charge in [0, 0.05) is 14.1 Å². The van der Waals surface area contributed by atoms with Gasteiger partial charge in [-0.2, -0.15) is 0 Å². The van der Waals surface area contributed by atoms with Gasteiger partial charge in [-0.25, -0.2) is 0 Å². The number of esters is 1. The first kappa shape index (κ1) is 17.9. The molecule has 0 fully saturated rings. The molecular weight excluding hydrogens is 242 g/mol. The monoisotopic (exact) mass is 271 g/mol. The quantitative estimate of drug-likeness (QED) is 0.453. The van der Waals surface area contributed by atoms with Gasteiger partial charge in [-0.1, -0.05) is 46.0 Å². The van der Waals surface area contributed by atoms with Gasteiger partial charge in [-0.05, 0) is 12.8 Å². The van der Waals surface area contributed by atoms with Crippen molar-refractivity contribution >= 4 is 11.9 Å². The molecule has 1 amide bonds. The number of ether oxygens (including phenoxy) is 1. The SMILES string of the molecule is CCCCCC[C@@H](CCC)C(=O)OCC(=O)N(C)C. The van der Waals surface area contributed by atoms with Crippen molar-refractivity contribution in [3.8, 4) is 0 Å². The molecule has 1 atom stereocenters. The summed E-state index contributed by atoms with van der Waals surface area (Å²) in [5.74, 6) is -0.431. The first-order valence-corrected chi connectivity index (χ1v) is 7.39. The van der Waals surface area contributed by atoms with Crippen molar-refractivity contribution in [1.82, 2.24) is 4.90 Å². The highest BCUT2D eigenvalue weighted by Gasteiger charge is 2.20. The summed E-state index contributed by atoms with van der Waals surface area (Å²) in [5.41, 5.74) is 0. The van der Waals surface area contributed by atoms with E-state index in [0.717, 1.165) is 25.7 Å². The Morgan fingerprint density at radius 1 is 1.00 bits per heavy atom. The van der Waals surface area contributed by atoms with Crippen molar-refractivity contribution in [2.24, 2.45) is 5.92 Å². The van der Waals surface area contributed by atoms with Crippen molar-refractivity contribution in [3.05, 3.63) is 0 Å². The Morgan fingerprint density at radius 2 is 1.68 bits per heavy atom. The second-order valence-electron chi connectivity index (χ2n) is 5.23. The van der Waals surface area contributed by atoms with E-state index in [2.05, 4.69) is 13.8 Å². The Kier molecular flexibility index (Phi) is 10.2. The molecule has 0 radical (unpaired) electrons. The standard InChI is InChI=1S/C15H29NO3/c1-5-7-8-9-11-13(10-6-2)15(18)19-12-14(17)16(3)4/h13H,5-12H2,1-4H3/t13-/m1/s1. The number of unbranched alkanes of at least 4 members (excludes halogenated alkanes) is 3. The maximum absolute atomic E-state index is 11.9. The van der Waals surface area contributed by atoms with Crippen LogP contribution in [-0.2, 0) is 14.3 Å². The molecule has 0 aromatic carbocycles. The molecule has 0 N–H and O–H groups in total. The van der Waals surface area contributed by atoms with E-state index >= 15 is 0 Å². The summed E-state index contributed by atoms with van der Waals surface area (Å²) >= 11 is 0. The Hall–Kier alpha value is -1.06. The molecule has 4 heteroatoms. The van der Waals surface area contributed by atoms with E-state index in [9.17, 15) is 9.59 Å². The van der Waals surface area contributed by atoms with Crippen molar-refractivity contribution < 1.29 is 14.3 Å². The first-order valence-electron chi connectivity index (χ1n) is 7.39. The van der Waals surface area contributed by atoms with E-state index in [1.807, 2.05) is 0 Å². The second-order valence-corrected chi connectivity index (χ2v) is 5.23. The lowest BCUT2D eigenvalue weighted by Gasteiger charge is -2.16. The smallest absolute Gasteiger partial charge is 0.309 e. The van der Waals surface area contributed by atoms with E-state index in [1.54, 1.807) is 14.1 Å². The number of likely N-dealkylation sites (N-methyl/N-ethyl adjacent to an activating group) is 1. The van der Waals surface area contributed by atoms with Crippen LogP contribution in [0.3, 0.4) is 0 Å². The molecule has 0 aromatic rings. The molecule has 0 saturated carbocycles. The van der Waals surface area contributed by atoms with Crippen LogP contribution in [0.2, 0.25) is 0 Å². The van der Waals surface area contributed by atoms with Crippen LogP contribution in [0.5, 0.6) is 0 Å². The van der Waals surface area contributed by atoms with Crippen LogP contribution in [-0.4, -0.2) is 37.5 Å². The fourth-order valence-electron chi connectivity index (χ4n) is 1.93. The Balaban J connectivity index is 4.06. The van der Waals surface area contributed by atoms with E-state index in [1.165, 1.54) is 24.2 Å².